The number of pyridine rings is 1. The molecule has 2 N–H and O–H groups in total. The zero-order valence-electron chi connectivity index (χ0n) is 16.0. The number of unbranched alkanes of at least 4 members (excludes halogenated alkanes) is 1. The van der Waals surface area contributed by atoms with Crippen LogP contribution in [0.25, 0.3) is 28.0 Å². The zero-order valence-corrected chi connectivity index (χ0v) is 16.0. The van der Waals surface area contributed by atoms with E-state index in [1.54, 1.807) is 6.20 Å². The number of alkyl halides is 3. The van der Waals surface area contributed by atoms with Crippen molar-refractivity contribution in [2.45, 2.75) is 25.4 Å². The molecule has 0 atom stereocenters. The maximum Gasteiger partial charge on any atom is 0.434 e. The minimum atomic E-state index is -4.58. The number of aryl methyl sites for hydroxylation is 1. The van der Waals surface area contributed by atoms with Crippen LogP contribution in [0.1, 0.15) is 24.2 Å². The van der Waals surface area contributed by atoms with Crippen LogP contribution in [0.4, 0.5) is 13.2 Å². The molecule has 4 aromatic rings. The maximum absolute atomic E-state index is 13.0. The zero-order chi connectivity index (χ0) is 21.1. The fourth-order valence-electron chi connectivity index (χ4n) is 3.18. The summed E-state index contributed by atoms with van der Waals surface area (Å²) in [6.07, 6.45) is 1.70. The van der Waals surface area contributed by atoms with Crippen LogP contribution >= 0.6 is 0 Å². The summed E-state index contributed by atoms with van der Waals surface area (Å²) in [5, 5.41) is 4.98. The molecule has 154 valence electrons. The second-order valence-electron chi connectivity index (χ2n) is 6.85. The Balaban J connectivity index is 1.72. The number of rotatable bonds is 6. The standard InChI is InChI=1S/C21H19F3N6/c22-21(23,24)19-12-26-13-20(29-19)30-18-10-14(7-8-15(18)11-27-30)17-6-3-5-16(28-17)4-1-2-9-25/h3,5-8,10-13H,1-2,4,9,25H2. The number of hydrogen-bond donors (Lipinski definition) is 1. The van der Waals surface area contributed by atoms with Gasteiger partial charge in [0.1, 0.15) is 0 Å². The summed E-state index contributed by atoms with van der Waals surface area (Å²) >= 11 is 0. The molecule has 4 rings (SSSR count). The summed E-state index contributed by atoms with van der Waals surface area (Å²) in [5.41, 5.74) is 7.70. The number of nitrogens with two attached hydrogens (primary N) is 1. The Bertz CT molecular complexity index is 1170. The number of halogens is 3. The van der Waals surface area contributed by atoms with Crippen molar-refractivity contribution in [3.8, 4) is 17.1 Å². The molecule has 0 radical (unpaired) electrons. The summed E-state index contributed by atoms with van der Waals surface area (Å²) in [6, 6.07) is 11.4. The Morgan fingerprint density at radius 2 is 1.83 bits per heavy atom. The number of nitrogens with zero attached hydrogens (tertiary/aromatic N) is 5. The molecule has 0 saturated carbocycles. The molecule has 1 aromatic carbocycles. The Hall–Kier alpha value is -3.33. The van der Waals surface area contributed by atoms with Gasteiger partial charge in [-0.15, -0.1) is 0 Å². The van der Waals surface area contributed by atoms with Crippen molar-refractivity contribution in [2.75, 3.05) is 6.54 Å². The van der Waals surface area contributed by atoms with E-state index < -0.39 is 11.9 Å². The van der Waals surface area contributed by atoms with Gasteiger partial charge in [-0.3, -0.25) is 9.97 Å². The Kier molecular flexibility index (Phi) is 5.45. The van der Waals surface area contributed by atoms with Crippen LogP contribution in [0.15, 0.2) is 55.0 Å². The lowest BCUT2D eigenvalue weighted by Gasteiger charge is -2.09. The van der Waals surface area contributed by atoms with Gasteiger partial charge >= 0.3 is 6.18 Å². The first kappa shape index (κ1) is 20.0. The molecule has 0 saturated heterocycles. The van der Waals surface area contributed by atoms with E-state index in [1.165, 1.54) is 10.9 Å². The van der Waals surface area contributed by atoms with Crippen LogP contribution in [0, 0.1) is 0 Å². The molecule has 0 unspecified atom stereocenters. The van der Waals surface area contributed by atoms with Gasteiger partial charge in [0.25, 0.3) is 0 Å². The quantitative estimate of drug-likeness (QED) is 0.481. The lowest BCUT2D eigenvalue weighted by atomic mass is 10.1. The summed E-state index contributed by atoms with van der Waals surface area (Å²) < 4.78 is 40.4. The third-order valence-electron chi connectivity index (χ3n) is 4.69. The SMILES string of the molecule is NCCCCc1cccc(-c2ccc3cnn(-c4cncc(C(F)(F)F)n4)c3c2)n1. The molecular formula is C21H19F3N6. The van der Waals surface area contributed by atoms with E-state index in [-0.39, 0.29) is 5.82 Å². The molecule has 6 nitrogen and oxygen atoms in total. The van der Waals surface area contributed by atoms with Crippen LogP contribution < -0.4 is 5.73 Å². The molecule has 30 heavy (non-hydrogen) atoms. The van der Waals surface area contributed by atoms with E-state index >= 15 is 0 Å². The van der Waals surface area contributed by atoms with E-state index in [0.717, 1.165) is 41.6 Å². The first-order valence-electron chi connectivity index (χ1n) is 9.49. The first-order valence-corrected chi connectivity index (χ1v) is 9.49. The van der Waals surface area contributed by atoms with Gasteiger partial charge in [-0.1, -0.05) is 18.2 Å². The predicted octanol–water partition coefficient (Wildman–Crippen LogP) is 4.18. The second kappa shape index (κ2) is 8.19. The van der Waals surface area contributed by atoms with Crippen molar-refractivity contribution in [3.63, 3.8) is 0 Å². The fraction of sp³-hybridized carbons (Fsp3) is 0.238. The molecule has 9 heteroatoms. The highest BCUT2D eigenvalue weighted by Crippen LogP contribution is 2.29. The van der Waals surface area contributed by atoms with Crippen molar-refractivity contribution in [2.24, 2.45) is 5.73 Å². The largest absolute Gasteiger partial charge is 0.434 e. The van der Waals surface area contributed by atoms with Crippen molar-refractivity contribution in [1.82, 2.24) is 24.7 Å². The molecule has 0 bridgehead atoms. The van der Waals surface area contributed by atoms with E-state index in [9.17, 15) is 13.2 Å². The number of benzene rings is 1. The lowest BCUT2D eigenvalue weighted by molar-refractivity contribution is -0.141. The second-order valence-corrected chi connectivity index (χ2v) is 6.85. The molecular weight excluding hydrogens is 393 g/mol. The third-order valence-corrected chi connectivity index (χ3v) is 4.69. The molecule has 0 spiro atoms. The summed E-state index contributed by atoms with van der Waals surface area (Å²) in [5.74, 6) is 0.000435. The van der Waals surface area contributed by atoms with Gasteiger partial charge in [0.05, 0.1) is 29.8 Å². The Morgan fingerprint density at radius 1 is 0.967 bits per heavy atom. The van der Waals surface area contributed by atoms with Gasteiger partial charge in [-0.05, 0) is 44.0 Å². The summed E-state index contributed by atoms with van der Waals surface area (Å²) in [6.45, 7) is 0.652. The summed E-state index contributed by atoms with van der Waals surface area (Å²) in [7, 11) is 0. The number of aromatic nitrogens is 5. The minimum Gasteiger partial charge on any atom is -0.330 e. The highest BCUT2D eigenvalue weighted by atomic mass is 19.4. The third kappa shape index (κ3) is 4.16. The van der Waals surface area contributed by atoms with Gasteiger partial charge in [0.2, 0.25) is 0 Å². The topological polar surface area (TPSA) is 82.5 Å². The summed E-state index contributed by atoms with van der Waals surface area (Å²) in [4.78, 5) is 12.1. The average Bonchev–Trinajstić information content (AvgIpc) is 3.17. The smallest absolute Gasteiger partial charge is 0.330 e. The normalized spacial score (nSPS) is 11.9. The van der Waals surface area contributed by atoms with Crippen molar-refractivity contribution < 1.29 is 13.2 Å². The van der Waals surface area contributed by atoms with Crippen molar-refractivity contribution >= 4 is 10.9 Å². The van der Waals surface area contributed by atoms with Crippen LogP contribution in [0.3, 0.4) is 0 Å². The van der Waals surface area contributed by atoms with E-state index in [0.29, 0.717) is 18.3 Å². The molecule has 0 aliphatic carbocycles. The first-order chi connectivity index (χ1) is 14.5. The van der Waals surface area contributed by atoms with Crippen molar-refractivity contribution in [3.05, 3.63) is 66.4 Å². The lowest BCUT2D eigenvalue weighted by Crippen LogP contribution is -2.11. The monoisotopic (exact) mass is 412 g/mol. The molecule has 0 amide bonds. The predicted molar refractivity (Wildman–Crippen MR) is 107 cm³/mol. The van der Waals surface area contributed by atoms with E-state index in [1.807, 2.05) is 36.4 Å². The Labute approximate surface area is 170 Å². The van der Waals surface area contributed by atoms with Gasteiger partial charge in [0.15, 0.2) is 11.5 Å². The van der Waals surface area contributed by atoms with Crippen LogP contribution in [-0.2, 0) is 12.6 Å². The highest BCUT2D eigenvalue weighted by Gasteiger charge is 2.33. The average molecular weight is 412 g/mol. The van der Waals surface area contributed by atoms with E-state index in [4.69, 9.17) is 10.7 Å². The van der Waals surface area contributed by atoms with Crippen LogP contribution in [0.5, 0.6) is 0 Å². The minimum absolute atomic E-state index is 0.000435. The van der Waals surface area contributed by atoms with Gasteiger partial charge < -0.3 is 5.73 Å². The van der Waals surface area contributed by atoms with E-state index in [2.05, 4.69) is 15.1 Å². The van der Waals surface area contributed by atoms with Crippen LogP contribution in [-0.4, -0.2) is 31.3 Å². The number of fused-ring (bicyclic) bond motifs is 1. The van der Waals surface area contributed by atoms with Gasteiger partial charge in [0, 0.05) is 16.6 Å². The molecule has 3 aromatic heterocycles. The van der Waals surface area contributed by atoms with Gasteiger partial charge in [-0.25, -0.2) is 9.67 Å². The molecule has 0 aliphatic heterocycles. The highest BCUT2D eigenvalue weighted by molar-refractivity contribution is 5.84. The molecule has 0 aliphatic rings. The van der Waals surface area contributed by atoms with Gasteiger partial charge in [-0.2, -0.15) is 18.3 Å². The maximum atomic E-state index is 13.0. The molecule has 0 fully saturated rings. The Morgan fingerprint density at radius 3 is 2.63 bits per heavy atom. The van der Waals surface area contributed by atoms with Crippen LogP contribution in [0.2, 0.25) is 0 Å². The number of hydrogen-bond acceptors (Lipinski definition) is 5. The van der Waals surface area contributed by atoms with Crippen molar-refractivity contribution in [1.29, 1.82) is 0 Å². The molecule has 3 heterocycles. The fourth-order valence-corrected chi connectivity index (χ4v) is 3.18.